The molecule has 0 fully saturated rings. The molecule has 0 unspecified atom stereocenters. The number of hydrogen-bond donors (Lipinski definition) is 0. The minimum Gasteiger partial charge on any atom is -0.493 e. The number of hydrogen-bond acceptors (Lipinski definition) is 7. The SMILES string of the molecule is COc1ccc(/C=N\n2c(SC)nnc(C)c2=O)c(Cl)c1OC. The van der Waals surface area contributed by atoms with E-state index in [4.69, 9.17) is 21.1 Å². The van der Waals surface area contributed by atoms with Crippen molar-refractivity contribution in [3.8, 4) is 11.5 Å². The van der Waals surface area contributed by atoms with Crippen molar-refractivity contribution in [2.45, 2.75) is 12.1 Å². The molecule has 1 heterocycles. The lowest BCUT2D eigenvalue weighted by Gasteiger charge is -2.10. The Hall–Kier alpha value is -2.06. The first-order chi connectivity index (χ1) is 11.0. The summed E-state index contributed by atoms with van der Waals surface area (Å²) in [5, 5.41) is 12.6. The number of halogens is 1. The van der Waals surface area contributed by atoms with Gasteiger partial charge in [-0.25, -0.2) is 0 Å². The standard InChI is InChI=1S/C14H15ClN4O3S/c1-8-13(20)19(14(23-4)18-17-8)16-7-9-5-6-10(21-2)12(22-3)11(9)15/h5-7H,1-4H3/b16-7-. The fourth-order valence-corrected chi connectivity index (χ4v) is 2.50. The fourth-order valence-electron chi connectivity index (χ4n) is 1.80. The molecule has 122 valence electrons. The van der Waals surface area contributed by atoms with Crippen LogP contribution < -0.4 is 15.0 Å². The number of methoxy groups -OCH3 is 2. The first-order valence-corrected chi connectivity index (χ1v) is 8.08. The first kappa shape index (κ1) is 17.3. The Morgan fingerprint density at radius 3 is 2.65 bits per heavy atom. The van der Waals surface area contributed by atoms with E-state index in [0.29, 0.717) is 27.2 Å². The molecule has 1 aromatic heterocycles. The maximum absolute atomic E-state index is 12.1. The molecule has 0 bridgehead atoms. The monoisotopic (exact) mass is 354 g/mol. The molecule has 1 aromatic carbocycles. The zero-order valence-electron chi connectivity index (χ0n) is 13.0. The van der Waals surface area contributed by atoms with Crippen LogP contribution >= 0.6 is 23.4 Å². The van der Waals surface area contributed by atoms with Crippen LogP contribution in [0.25, 0.3) is 0 Å². The van der Waals surface area contributed by atoms with Crippen molar-refractivity contribution >= 4 is 29.6 Å². The fraction of sp³-hybridized carbons (Fsp3) is 0.286. The quantitative estimate of drug-likeness (QED) is 0.605. The molecule has 0 spiro atoms. The Kier molecular flexibility index (Phi) is 5.62. The molecular formula is C14H15ClN4O3S. The van der Waals surface area contributed by atoms with Gasteiger partial charge in [0.1, 0.15) is 5.69 Å². The second kappa shape index (κ2) is 7.47. The summed E-state index contributed by atoms with van der Waals surface area (Å²) >= 11 is 7.56. The number of rotatable bonds is 5. The van der Waals surface area contributed by atoms with Gasteiger partial charge in [-0.1, -0.05) is 23.4 Å². The highest BCUT2D eigenvalue weighted by Gasteiger charge is 2.12. The lowest BCUT2D eigenvalue weighted by atomic mass is 10.2. The zero-order valence-corrected chi connectivity index (χ0v) is 14.6. The first-order valence-electron chi connectivity index (χ1n) is 6.48. The Labute approximate surface area is 142 Å². The van der Waals surface area contributed by atoms with Crippen LogP contribution in [-0.4, -0.2) is 41.6 Å². The van der Waals surface area contributed by atoms with Crippen molar-refractivity contribution in [3.63, 3.8) is 0 Å². The van der Waals surface area contributed by atoms with Gasteiger partial charge in [-0.2, -0.15) is 9.78 Å². The molecule has 0 aliphatic heterocycles. The van der Waals surface area contributed by atoms with Gasteiger partial charge >= 0.3 is 0 Å². The second-order valence-electron chi connectivity index (χ2n) is 4.34. The summed E-state index contributed by atoms with van der Waals surface area (Å²) < 4.78 is 11.6. The average Bonchev–Trinajstić information content (AvgIpc) is 2.56. The molecule has 23 heavy (non-hydrogen) atoms. The highest BCUT2D eigenvalue weighted by atomic mass is 35.5. The van der Waals surface area contributed by atoms with Gasteiger partial charge in [0.15, 0.2) is 11.5 Å². The predicted octanol–water partition coefficient (Wildman–Crippen LogP) is 2.22. The van der Waals surface area contributed by atoms with Crippen LogP contribution in [0.4, 0.5) is 0 Å². The van der Waals surface area contributed by atoms with Gasteiger partial charge < -0.3 is 9.47 Å². The molecule has 0 amide bonds. The molecule has 0 aliphatic rings. The maximum atomic E-state index is 12.1. The van der Waals surface area contributed by atoms with E-state index in [0.717, 1.165) is 0 Å². The minimum absolute atomic E-state index is 0.262. The maximum Gasteiger partial charge on any atom is 0.296 e. The van der Waals surface area contributed by atoms with Crippen molar-refractivity contribution in [1.29, 1.82) is 0 Å². The zero-order chi connectivity index (χ0) is 17.0. The Morgan fingerprint density at radius 1 is 1.30 bits per heavy atom. The van der Waals surface area contributed by atoms with E-state index < -0.39 is 0 Å². The van der Waals surface area contributed by atoms with Crippen LogP contribution in [0.3, 0.4) is 0 Å². The van der Waals surface area contributed by atoms with Gasteiger partial charge in [-0.05, 0) is 25.3 Å². The Morgan fingerprint density at radius 2 is 2.04 bits per heavy atom. The number of ether oxygens (including phenoxy) is 2. The summed E-state index contributed by atoms with van der Waals surface area (Å²) in [6.07, 6.45) is 3.25. The number of thioether (sulfide) groups is 1. The van der Waals surface area contributed by atoms with E-state index >= 15 is 0 Å². The molecule has 0 atom stereocenters. The van der Waals surface area contributed by atoms with E-state index in [1.54, 1.807) is 25.3 Å². The lowest BCUT2D eigenvalue weighted by molar-refractivity contribution is 0.355. The number of aryl methyl sites for hydroxylation is 1. The Balaban J connectivity index is 2.50. The van der Waals surface area contributed by atoms with Crippen molar-refractivity contribution in [3.05, 3.63) is 38.8 Å². The van der Waals surface area contributed by atoms with Crippen molar-refractivity contribution in [2.75, 3.05) is 20.5 Å². The Bertz CT molecular complexity index is 807. The van der Waals surface area contributed by atoms with Crippen LogP contribution in [-0.2, 0) is 0 Å². The number of aromatic nitrogens is 3. The highest BCUT2D eigenvalue weighted by Crippen LogP contribution is 2.36. The minimum atomic E-state index is -0.336. The van der Waals surface area contributed by atoms with E-state index in [2.05, 4.69) is 15.3 Å². The third kappa shape index (κ3) is 3.48. The van der Waals surface area contributed by atoms with Crippen molar-refractivity contribution < 1.29 is 9.47 Å². The molecule has 0 saturated carbocycles. The van der Waals surface area contributed by atoms with E-state index in [9.17, 15) is 4.79 Å². The van der Waals surface area contributed by atoms with Gasteiger partial charge in [-0.15, -0.1) is 10.2 Å². The van der Waals surface area contributed by atoms with Gasteiger partial charge in [0, 0.05) is 5.56 Å². The summed E-state index contributed by atoms with van der Waals surface area (Å²) in [7, 11) is 3.02. The smallest absolute Gasteiger partial charge is 0.296 e. The van der Waals surface area contributed by atoms with Crippen LogP contribution in [0.2, 0.25) is 5.02 Å². The van der Waals surface area contributed by atoms with Crippen LogP contribution in [0, 0.1) is 6.92 Å². The molecule has 0 aliphatic carbocycles. The van der Waals surface area contributed by atoms with E-state index in [1.165, 1.54) is 36.9 Å². The van der Waals surface area contributed by atoms with Crippen LogP contribution in [0.1, 0.15) is 11.3 Å². The molecule has 0 N–H and O–H groups in total. The molecule has 2 aromatic rings. The highest BCUT2D eigenvalue weighted by molar-refractivity contribution is 7.98. The second-order valence-corrected chi connectivity index (χ2v) is 5.49. The molecular weight excluding hydrogens is 340 g/mol. The summed E-state index contributed by atoms with van der Waals surface area (Å²) in [6.45, 7) is 1.58. The normalized spacial score (nSPS) is 11.0. The summed E-state index contributed by atoms with van der Waals surface area (Å²) in [5.74, 6) is 0.914. The van der Waals surface area contributed by atoms with Crippen molar-refractivity contribution in [1.82, 2.24) is 14.9 Å². The largest absolute Gasteiger partial charge is 0.493 e. The summed E-state index contributed by atoms with van der Waals surface area (Å²) in [6, 6.07) is 3.43. The number of nitrogens with zero attached hydrogens (tertiary/aromatic N) is 4. The van der Waals surface area contributed by atoms with Crippen LogP contribution in [0.5, 0.6) is 11.5 Å². The molecule has 0 saturated heterocycles. The van der Waals surface area contributed by atoms with Gasteiger partial charge in [0.2, 0.25) is 5.16 Å². The predicted molar refractivity (Wildman–Crippen MR) is 90.4 cm³/mol. The van der Waals surface area contributed by atoms with Crippen LogP contribution in [0.15, 0.2) is 27.2 Å². The van der Waals surface area contributed by atoms with E-state index in [-0.39, 0.29) is 11.3 Å². The van der Waals surface area contributed by atoms with Crippen molar-refractivity contribution in [2.24, 2.45) is 5.10 Å². The average molecular weight is 355 g/mol. The third-order valence-corrected chi connectivity index (χ3v) is 3.99. The van der Waals surface area contributed by atoms with E-state index in [1.807, 2.05) is 0 Å². The summed E-state index contributed by atoms with van der Waals surface area (Å²) in [4.78, 5) is 12.1. The third-order valence-electron chi connectivity index (χ3n) is 2.98. The molecule has 9 heteroatoms. The molecule has 7 nitrogen and oxygen atoms in total. The topological polar surface area (TPSA) is 78.6 Å². The van der Waals surface area contributed by atoms with Gasteiger partial charge in [0.05, 0.1) is 25.5 Å². The summed E-state index contributed by atoms with van der Waals surface area (Å²) in [5.41, 5.74) is 0.508. The number of benzene rings is 1. The van der Waals surface area contributed by atoms with Gasteiger partial charge in [-0.3, -0.25) is 4.79 Å². The molecule has 0 radical (unpaired) electrons. The lowest BCUT2D eigenvalue weighted by Crippen LogP contribution is -2.23. The molecule has 2 rings (SSSR count). The van der Waals surface area contributed by atoms with Gasteiger partial charge in [0.25, 0.3) is 5.56 Å².